The highest BCUT2D eigenvalue weighted by Crippen LogP contribution is 2.20. The Morgan fingerprint density at radius 3 is 2.91 bits per heavy atom. The third-order valence-corrected chi connectivity index (χ3v) is 4.16. The molecule has 1 atom stereocenters. The first-order valence-electron chi connectivity index (χ1n) is 7.50. The molecule has 2 rings (SSSR count). The number of carbonyl (C=O) groups is 2. The number of aromatic nitrogens is 1. The number of nitrogens with one attached hydrogen (secondary N) is 1. The topological polar surface area (TPSA) is 71.5 Å². The molecule has 1 fully saturated rings. The first-order valence-corrected chi connectivity index (χ1v) is 8.38. The van der Waals surface area contributed by atoms with Crippen molar-refractivity contribution >= 4 is 23.2 Å². The van der Waals surface area contributed by atoms with Crippen LogP contribution in [0.1, 0.15) is 43.4 Å². The second-order valence-corrected chi connectivity index (χ2v) is 7.26. The zero-order valence-electron chi connectivity index (χ0n) is 13.3. The molecule has 0 radical (unpaired) electrons. The number of carbonyl (C=O) groups excluding carboxylic acids is 2. The fourth-order valence-electron chi connectivity index (χ4n) is 2.40. The van der Waals surface area contributed by atoms with Gasteiger partial charge in [0.15, 0.2) is 5.01 Å². The van der Waals surface area contributed by atoms with Gasteiger partial charge in [0.1, 0.15) is 5.60 Å². The largest absolute Gasteiger partial charge is 0.444 e. The maximum absolute atomic E-state index is 12.2. The van der Waals surface area contributed by atoms with E-state index in [9.17, 15) is 9.59 Å². The molecule has 7 heteroatoms. The summed E-state index contributed by atoms with van der Waals surface area (Å²) in [4.78, 5) is 29.8. The third kappa shape index (κ3) is 4.78. The zero-order chi connectivity index (χ0) is 16.2. The molecule has 0 spiro atoms. The Morgan fingerprint density at radius 2 is 2.27 bits per heavy atom. The standard InChI is InChI=1S/C15H23N3O3S/c1-15(2,3)21-14(20)18-7-4-5-11(18)9-16-10-12(19)13-17-6-8-22-13/h6,8,11,16H,4-5,7,9-10H2,1-3H3/t11-/m1/s1. The minimum absolute atomic E-state index is 0.0168. The van der Waals surface area contributed by atoms with E-state index in [2.05, 4.69) is 10.3 Å². The van der Waals surface area contributed by atoms with Crippen molar-refractivity contribution in [3.8, 4) is 0 Å². The molecule has 0 aromatic carbocycles. The van der Waals surface area contributed by atoms with Crippen LogP contribution < -0.4 is 5.32 Å². The van der Waals surface area contributed by atoms with Gasteiger partial charge in [-0.2, -0.15) is 0 Å². The molecule has 1 aliphatic rings. The van der Waals surface area contributed by atoms with E-state index in [-0.39, 0.29) is 24.5 Å². The van der Waals surface area contributed by atoms with Crippen LogP contribution in [0.15, 0.2) is 11.6 Å². The van der Waals surface area contributed by atoms with Crippen molar-refractivity contribution in [2.75, 3.05) is 19.6 Å². The molecule has 1 aromatic rings. The Balaban J connectivity index is 1.79. The van der Waals surface area contributed by atoms with Crippen LogP contribution >= 0.6 is 11.3 Å². The number of Topliss-reactive ketones (excluding diaryl/α,β-unsaturated/α-hetero) is 1. The molecule has 0 unspecified atom stereocenters. The van der Waals surface area contributed by atoms with E-state index < -0.39 is 5.60 Å². The van der Waals surface area contributed by atoms with Crippen molar-refractivity contribution in [1.29, 1.82) is 0 Å². The quantitative estimate of drug-likeness (QED) is 0.841. The SMILES string of the molecule is CC(C)(C)OC(=O)N1CCC[C@@H]1CNCC(=O)c1nccs1. The highest BCUT2D eigenvalue weighted by molar-refractivity contribution is 7.11. The van der Waals surface area contributed by atoms with Gasteiger partial charge in [-0.1, -0.05) is 0 Å². The summed E-state index contributed by atoms with van der Waals surface area (Å²) in [5.74, 6) is -0.0168. The highest BCUT2D eigenvalue weighted by Gasteiger charge is 2.31. The fraction of sp³-hybridized carbons (Fsp3) is 0.667. The monoisotopic (exact) mass is 325 g/mol. The number of thiazole rings is 1. The summed E-state index contributed by atoms with van der Waals surface area (Å²) in [5.41, 5.74) is -0.488. The lowest BCUT2D eigenvalue weighted by atomic mass is 10.2. The van der Waals surface area contributed by atoms with Gasteiger partial charge in [0.25, 0.3) is 0 Å². The van der Waals surface area contributed by atoms with E-state index in [0.717, 1.165) is 12.8 Å². The summed E-state index contributed by atoms with van der Waals surface area (Å²) in [6.07, 6.45) is 3.24. The van der Waals surface area contributed by atoms with Gasteiger partial charge in [0.2, 0.25) is 5.78 Å². The van der Waals surface area contributed by atoms with Crippen molar-refractivity contribution in [3.05, 3.63) is 16.6 Å². The molecule has 1 aromatic heterocycles. The van der Waals surface area contributed by atoms with E-state index in [0.29, 0.717) is 18.1 Å². The number of likely N-dealkylation sites (tertiary alicyclic amines) is 1. The van der Waals surface area contributed by atoms with Crippen LogP contribution in [0.3, 0.4) is 0 Å². The van der Waals surface area contributed by atoms with Crippen molar-refractivity contribution in [2.45, 2.75) is 45.3 Å². The molecule has 1 saturated heterocycles. The molecule has 22 heavy (non-hydrogen) atoms. The number of nitrogens with zero attached hydrogens (tertiary/aromatic N) is 2. The molecule has 0 aliphatic carbocycles. The van der Waals surface area contributed by atoms with E-state index >= 15 is 0 Å². The Kier molecular flexibility index (Phi) is 5.52. The van der Waals surface area contributed by atoms with Crippen LogP contribution in [0.4, 0.5) is 4.79 Å². The van der Waals surface area contributed by atoms with E-state index in [1.165, 1.54) is 11.3 Å². The van der Waals surface area contributed by atoms with Gasteiger partial charge in [-0.15, -0.1) is 11.3 Å². The second-order valence-electron chi connectivity index (χ2n) is 6.36. The summed E-state index contributed by atoms with van der Waals surface area (Å²) in [5, 5.41) is 5.43. The normalized spacial score (nSPS) is 18.5. The van der Waals surface area contributed by atoms with Crippen LogP contribution in [0.2, 0.25) is 0 Å². The van der Waals surface area contributed by atoms with Crippen molar-refractivity contribution in [1.82, 2.24) is 15.2 Å². The predicted octanol–water partition coefficient (Wildman–Crippen LogP) is 2.31. The Morgan fingerprint density at radius 1 is 1.50 bits per heavy atom. The summed E-state index contributed by atoms with van der Waals surface area (Å²) < 4.78 is 5.42. The molecule has 122 valence electrons. The molecule has 6 nitrogen and oxygen atoms in total. The third-order valence-electron chi connectivity index (χ3n) is 3.34. The van der Waals surface area contributed by atoms with Gasteiger partial charge >= 0.3 is 6.09 Å². The average molecular weight is 325 g/mol. The summed E-state index contributed by atoms with van der Waals surface area (Å²) in [6, 6.07) is 0.0824. The van der Waals surface area contributed by atoms with Gasteiger partial charge in [-0.3, -0.25) is 4.79 Å². The molecule has 1 aliphatic heterocycles. The smallest absolute Gasteiger partial charge is 0.410 e. The molecule has 0 bridgehead atoms. The Bertz CT molecular complexity index is 511. The van der Waals surface area contributed by atoms with Crippen molar-refractivity contribution in [3.63, 3.8) is 0 Å². The van der Waals surface area contributed by atoms with Gasteiger partial charge in [0, 0.05) is 30.7 Å². The lowest BCUT2D eigenvalue weighted by Crippen LogP contribution is -2.44. The lowest BCUT2D eigenvalue weighted by molar-refractivity contribution is 0.0227. The van der Waals surface area contributed by atoms with Crippen LogP contribution in [-0.2, 0) is 4.74 Å². The minimum atomic E-state index is -0.488. The summed E-state index contributed by atoms with van der Waals surface area (Å²) in [6.45, 7) is 7.13. The van der Waals surface area contributed by atoms with Gasteiger partial charge in [-0.25, -0.2) is 9.78 Å². The number of ketones is 1. The molecule has 1 amide bonds. The molecule has 2 heterocycles. The summed E-state index contributed by atoms with van der Waals surface area (Å²) >= 11 is 1.34. The van der Waals surface area contributed by atoms with Crippen molar-refractivity contribution < 1.29 is 14.3 Å². The fourth-order valence-corrected chi connectivity index (χ4v) is 2.97. The highest BCUT2D eigenvalue weighted by atomic mass is 32.1. The molecule has 1 N–H and O–H groups in total. The van der Waals surface area contributed by atoms with Crippen LogP contribution in [0.25, 0.3) is 0 Å². The molecular formula is C15H23N3O3S. The van der Waals surface area contributed by atoms with Gasteiger partial charge < -0.3 is 15.0 Å². The number of ether oxygens (including phenoxy) is 1. The van der Waals surface area contributed by atoms with E-state index in [1.54, 1.807) is 16.5 Å². The van der Waals surface area contributed by atoms with Crippen LogP contribution in [-0.4, -0.2) is 53.0 Å². The Labute approximate surface area is 134 Å². The Hall–Kier alpha value is -1.47. The van der Waals surface area contributed by atoms with Crippen LogP contribution in [0, 0.1) is 0 Å². The van der Waals surface area contributed by atoms with E-state index in [4.69, 9.17) is 4.74 Å². The number of rotatable bonds is 5. The summed E-state index contributed by atoms with van der Waals surface area (Å²) in [7, 11) is 0. The molecule has 0 saturated carbocycles. The van der Waals surface area contributed by atoms with E-state index in [1.807, 2.05) is 20.8 Å². The predicted molar refractivity (Wildman–Crippen MR) is 85.3 cm³/mol. The molecular weight excluding hydrogens is 302 g/mol. The number of amides is 1. The number of hydrogen-bond acceptors (Lipinski definition) is 6. The first kappa shape index (κ1) is 16.9. The zero-order valence-corrected chi connectivity index (χ0v) is 14.1. The van der Waals surface area contributed by atoms with Crippen molar-refractivity contribution in [2.24, 2.45) is 0 Å². The second kappa shape index (κ2) is 7.19. The first-order chi connectivity index (χ1) is 10.4. The maximum atomic E-state index is 12.2. The van der Waals surface area contributed by atoms with Gasteiger partial charge in [-0.05, 0) is 33.6 Å². The number of hydrogen-bond donors (Lipinski definition) is 1. The average Bonchev–Trinajstić information content (AvgIpc) is 3.08. The minimum Gasteiger partial charge on any atom is -0.444 e. The lowest BCUT2D eigenvalue weighted by Gasteiger charge is -2.28. The van der Waals surface area contributed by atoms with Gasteiger partial charge in [0.05, 0.1) is 6.54 Å². The van der Waals surface area contributed by atoms with Crippen LogP contribution in [0.5, 0.6) is 0 Å². The maximum Gasteiger partial charge on any atom is 0.410 e.